The van der Waals surface area contributed by atoms with E-state index in [4.69, 9.17) is 5.11 Å². The van der Waals surface area contributed by atoms with E-state index in [0.29, 0.717) is 0 Å². The lowest BCUT2D eigenvalue weighted by Gasteiger charge is -2.29. The number of carboxylic acid groups (broad SMARTS) is 1. The van der Waals surface area contributed by atoms with Crippen LogP contribution in [-0.2, 0) is 9.59 Å². The van der Waals surface area contributed by atoms with Crippen molar-refractivity contribution >= 4 is 17.9 Å². The largest absolute Gasteiger partial charge is 0.481 e. The average Bonchev–Trinajstić information content (AvgIpc) is 2.83. The molecule has 3 amide bonds. The molecule has 2 atom stereocenters. The highest BCUT2D eigenvalue weighted by molar-refractivity contribution is 5.96. The van der Waals surface area contributed by atoms with Crippen molar-refractivity contribution in [2.45, 2.75) is 25.6 Å². The highest BCUT2D eigenvalue weighted by Crippen LogP contribution is 2.46. The summed E-state index contributed by atoms with van der Waals surface area (Å²) in [7, 11) is 1.28. The number of carbonyl (C=O) groups is 3. The second-order valence-corrected chi connectivity index (χ2v) is 4.85. The van der Waals surface area contributed by atoms with Crippen molar-refractivity contribution in [3.8, 4) is 0 Å². The van der Waals surface area contributed by atoms with Gasteiger partial charge in [-0.25, -0.2) is 4.79 Å². The minimum Gasteiger partial charge on any atom is -0.481 e. The minimum atomic E-state index is -4.91. The Kier molecular flexibility index (Phi) is 4.82. The van der Waals surface area contributed by atoms with Crippen molar-refractivity contribution in [3.63, 3.8) is 0 Å². The number of aliphatic carboxylic acids is 1. The lowest BCUT2D eigenvalue weighted by molar-refractivity contribution is -0.227. The molecule has 0 aromatic heterocycles. The lowest BCUT2D eigenvalue weighted by atomic mass is 9.86. The molecule has 1 saturated heterocycles. The molecular formula is C11H16F3N3O4. The van der Waals surface area contributed by atoms with Crippen LogP contribution < -0.4 is 10.6 Å². The van der Waals surface area contributed by atoms with Gasteiger partial charge < -0.3 is 10.4 Å². The van der Waals surface area contributed by atoms with Crippen LogP contribution in [0.3, 0.4) is 0 Å². The maximum atomic E-state index is 13.0. The Morgan fingerprint density at radius 2 is 1.90 bits per heavy atom. The van der Waals surface area contributed by atoms with Crippen LogP contribution in [0.5, 0.6) is 0 Å². The zero-order valence-corrected chi connectivity index (χ0v) is 11.5. The van der Waals surface area contributed by atoms with Gasteiger partial charge in [-0.05, 0) is 13.3 Å². The fourth-order valence-electron chi connectivity index (χ4n) is 2.14. The summed E-state index contributed by atoms with van der Waals surface area (Å²) in [4.78, 5) is 34.8. The van der Waals surface area contributed by atoms with Crippen molar-refractivity contribution in [2.24, 2.45) is 5.41 Å². The van der Waals surface area contributed by atoms with Gasteiger partial charge in [0.2, 0.25) is 5.91 Å². The summed E-state index contributed by atoms with van der Waals surface area (Å²) in [6.07, 6.45) is -5.55. The summed E-state index contributed by atoms with van der Waals surface area (Å²) in [5.74, 6) is -2.76. The molecule has 0 aromatic carbocycles. The Labute approximate surface area is 118 Å². The highest BCUT2D eigenvalue weighted by atomic mass is 19.4. The van der Waals surface area contributed by atoms with Gasteiger partial charge in [-0.15, -0.1) is 0 Å². The summed E-state index contributed by atoms with van der Waals surface area (Å²) in [5.41, 5.74) is -2.88. The summed E-state index contributed by atoms with van der Waals surface area (Å²) in [6.45, 7) is 0.287. The maximum absolute atomic E-state index is 13.0. The van der Waals surface area contributed by atoms with Gasteiger partial charge in [0.05, 0.1) is 6.04 Å². The molecule has 0 bridgehead atoms. The van der Waals surface area contributed by atoms with Gasteiger partial charge in [-0.1, -0.05) is 0 Å². The smallest absolute Gasteiger partial charge is 0.406 e. The van der Waals surface area contributed by atoms with Crippen LogP contribution in [-0.4, -0.2) is 60.3 Å². The Bertz CT molecular complexity index is 454. The molecule has 0 aliphatic carbocycles. The number of nitrogens with one attached hydrogen (secondary N) is 2. The molecule has 10 heteroatoms. The molecule has 21 heavy (non-hydrogen) atoms. The molecule has 1 heterocycles. The quantitative estimate of drug-likeness (QED) is 0.690. The van der Waals surface area contributed by atoms with E-state index in [1.54, 1.807) is 0 Å². The van der Waals surface area contributed by atoms with Crippen molar-refractivity contribution in [3.05, 3.63) is 0 Å². The van der Waals surface area contributed by atoms with Crippen molar-refractivity contribution in [2.75, 3.05) is 20.1 Å². The summed E-state index contributed by atoms with van der Waals surface area (Å²) in [6, 6.07) is -1.84. The van der Waals surface area contributed by atoms with Gasteiger partial charge >= 0.3 is 18.2 Å². The number of rotatable bonds is 3. The van der Waals surface area contributed by atoms with Gasteiger partial charge in [-0.3, -0.25) is 19.8 Å². The van der Waals surface area contributed by atoms with Gasteiger partial charge in [-0.2, -0.15) is 13.2 Å². The molecular weight excluding hydrogens is 295 g/mol. The molecule has 120 valence electrons. The van der Waals surface area contributed by atoms with Crippen LogP contribution in [0.25, 0.3) is 0 Å². The Morgan fingerprint density at radius 3 is 2.29 bits per heavy atom. The van der Waals surface area contributed by atoms with Crippen molar-refractivity contribution < 1.29 is 32.7 Å². The molecule has 2 unspecified atom stereocenters. The molecule has 3 N–H and O–H groups in total. The first kappa shape index (κ1) is 17.2. The molecule has 0 saturated carbocycles. The van der Waals surface area contributed by atoms with E-state index < -0.39 is 48.5 Å². The molecule has 1 aliphatic rings. The van der Waals surface area contributed by atoms with Crippen LogP contribution in [0.15, 0.2) is 0 Å². The predicted octanol–water partition coefficient (Wildman–Crippen LogP) is 0.170. The number of hydrogen-bond donors (Lipinski definition) is 3. The molecule has 1 fully saturated rings. The molecule has 7 nitrogen and oxygen atoms in total. The normalized spacial score (nSPS) is 24.4. The van der Waals surface area contributed by atoms with Crippen LogP contribution in [0.2, 0.25) is 0 Å². The number of amides is 3. The number of nitrogens with zero attached hydrogens (tertiary/aromatic N) is 1. The molecule has 0 radical (unpaired) electrons. The van der Waals surface area contributed by atoms with E-state index in [2.05, 4.69) is 5.32 Å². The second-order valence-electron chi connectivity index (χ2n) is 4.85. The fourth-order valence-corrected chi connectivity index (χ4v) is 2.14. The molecule has 1 rings (SSSR count). The van der Waals surface area contributed by atoms with Crippen LogP contribution in [0, 0.1) is 5.41 Å². The summed E-state index contributed by atoms with van der Waals surface area (Å²) >= 11 is 0. The Morgan fingerprint density at radius 1 is 1.33 bits per heavy atom. The third-order valence-corrected chi connectivity index (χ3v) is 3.64. The second kappa shape index (κ2) is 5.88. The first-order chi connectivity index (χ1) is 9.55. The third-order valence-electron chi connectivity index (χ3n) is 3.64. The van der Waals surface area contributed by atoms with E-state index in [-0.39, 0.29) is 6.54 Å². The number of carboxylic acids is 1. The van der Waals surface area contributed by atoms with E-state index in [9.17, 15) is 27.6 Å². The maximum Gasteiger partial charge on any atom is 0.406 e. The number of halogens is 3. The zero-order chi connectivity index (χ0) is 16.4. The number of imide groups is 1. The Hall–Kier alpha value is -1.84. The van der Waals surface area contributed by atoms with Crippen LogP contribution >= 0.6 is 0 Å². The van der Waals surface area contributed by atoms with Crippen LogP contribution in [0.4, 0.5) is 18.0 Å². The van der Waals surface area contributed by atoms with E-state index in [0.717, 1.165) is 4.90 Å². The monoisotopic (exact) mass is 311 g/mol. The number of likely N-dealkylation sites (tertiary alicyclic amines) is 1. The fraction of sp³-hybridized carbons (Fsp3) is 0.727. The van der Waals surface area contributed by atoms with E-state index >= 15 is 0 Å². The van der Waals surface area contributed by atoms with Crippen molar-refractivity contribution in [1.29, 1.82) is 0 Å². The average molecular weight is 311 g/mol. The topological polar surface area (TPSA) is 98.7 Å². The number of alkyl halides is 3. The SMILES string of the molecule is CNC(=O)NC(=O)C(C)N1CCC(C(=O)O)(C(F)(F)F)C1. The molecule has 0 aromatic rings. The van der Waals surface area contributed by atoms with E-state index in [1.165, 1.54) is 14.0 Å². The third kappa shape index (κ3) is 3.26. The van der Waals surface area contributed by atoms with Gasteiger partial charge in [0.1, 0.15) is 0 Å². The summed E-state index contributed by atoms with van der Waals surface area (Å²) in [5, 5.41) is 13.0. The zero-order valence-electron chi connectivity index (χ0n) is 11.5. The van der Waals surface area contributed by atoms with Gasteiger partial charge in [0.25, 0.3) is 0 Å². The molecule has 1 aliphatic heterocycles. The van der Waals surface area contributed by atoms with Gasteiger partial charge in [0, 0.05) is 20.1 Å². The molecule has 0 spiro atoms. The van der Waals surface area contributed by atoms with E-state index in [1.807, 2.05) is 5.32 Å². The van der Waals surface area contributed by atoms with Gasteiger partial charge in [0.15, 0.2) is 5.41 Å². The predicted molar refractivity (Wildman–Crippen MR) is 64.4 cm³/mol. The minimum absolute atomic E-state index is 0.200. The Balaban J connectivity index is 2.83. The lowest BCUT2D eigenvalue weighted by Crippen LogP contribution is -2.51. The van der Waals surface area contributed by atoms with Crippen LogP contribution in [0.1, 0.15) is 13.3 Å². The first-order valence-corrected chi connectivity index (χ1v) is 6.12. The highest BCUT2D eigenvalue weighted by Gasteiger charge is 2.64. The number of hydrogen-bond acceptors (Lipinski definition) is 4. The van der Waals surface area contributed by atoms with Crippen molar-refractivity contribution in [1.82, 2.24) is 15.5 Å². The standard InChI is InChI=1S/C11H16F3N3O4/c1-6(7(18)16-9(21)15-2)17-4-3-10(5-17,8(19)20)11(12,13)14/h6H,3-5H2,1-2H3,(H,19,20)(H2,15,16,18,21). The number of urea groups is 1. The summed E-state index contributed by atoms with van der Waals surface area (Å²) < 4.78 is 39.0. The first-order valence-electron chi connectivity index (χ1n) is 6.12. The number of carbonyl (C=O) groups excluding carboxylic acids is 2.